The second-order valence-corrected chi connectivity index (χ2v) is 3.30. The van der Waals surface area contributed by atoms with Crippen molar-refractivity contribution in [2.24, 2.45) is 0 Å². The Labute approximate surface area is 70.7 Å². The lowest BCUT2D eigenvalue weighted by molar-refractivity contribution is 1.13. The number of nitrogens with zero attached hydrogens (tertiary/aromatic N) is 1. The molecule has 0 unspecified atom stereocenters. The molecule has 0 spiro atoms. The lowest BCUT2D eigenvalue weighted by Gasteiger charge is -1.94. The molecule has 1 rings (SSSR count). The Morgan fingerprint density at radius 3 is 3.00 bits per heavy atom. The van der Waals surface area contributed by atoms with Gasteiger partial charge in [-0.3, -0.25) is 0 Å². The molecule has 1 nitrogen and oxygen atoms in total. The minimum atomic E-state index is 0.904. The zero-order valence-electron chi connectivity index (χ0n) is 5.53. The van der Waals surface area contributed by atoms with Gasteiger partial charge in [0.2, 0.25) is 0 Å². The molecule has 0 amide bonds. The van der Waals surface area contributed by atoms with E-state index in [9.17, 15) is 0 Å². The third-order valence-electron chi connectivity index (χ3n) is 0.979. The Morgan fingerprint density at radius 2 is 2.40 bits per heavy atom. The van der Waals surface area contributed by atoms with Gasteiger partial charge >= 0.3 is 0 Å². The third kappa shape index (κ3) is 2.62. The zero-order valence-corrected chi connectivity index (χ0v) is 7.24. The van der Waals surface area contributed by atoms with E-state index in [-0.39, 0.29) is 0 Å². The maximum Gasteiger partial charge on any atom is 0.0960 e. The molecule has 1 aromatic heterocycles. The first kappa shape index (κ1) is 7.95. The lowest BCUT2D eigenvalue weighted by atomic mass is 10.5. The van der Waals surface area contributed by atoms with Crippen LogP contribution in [0.3, 0.4) is 0 Å². The molecule has 54 valence electrons. The van der Waals surface area contributed by atoms with Crippen molar-refractivity contribution in [3.63, 3.8) is 0 Å². The highest BCUT2D eigenvalue weighted by atomic mass is 32.2. The summed E-state index contributed by atoms with van der Waals surface area (Å²) in [7, 11) is 0. The predicted octanol–water partition coefficient (Wildman–Crippen LogP) is 2.10. The quantitative estimate of drug-likeness (QED) is 0.552. The highest BCUT2D eigenvalue weighted by molar-refractivity contribution is 7.99. The van der Waals surface area contributed by atoms with Gasteiger partial charge in [-0.2, -0.15) is 12.6 Å². The molecule has 0 aliphatic rings. The minimum absolute atomic E-state index is 0.904. The summed E-state index contributed by atoms with van der Waals surface area (Å²) >= 11 is 5.84. The van der Waals surface area contributed by atoms with Crippen LogP contribution in [-0.4, -0.2) is 16.5 Å². The summed E-state index contributed by atoms with van der Waals surface area (Å²) in [6, 6.07) is 5.92. The van der Waals surface area contributed by atoms with Gasteiger partial charge in [-0.25, -0.2) is 4.98 Å². The van der Waals surface area contributed by atoms with E-state index in [1.165, 1.54) is 0 Å². The van der Waals surface area contributed by atoms with Crippen LogP contribution in [0.15, 0.2) is 29.4 Å². The van der Waals surface area contributed by atoms with E-state index in [1.54, 1.807) is 18.0 Å². The van der Waals surface area contributed by atoms with E-state index >= 15 is 0 Å². The number of rotatable bonds is 3. The fraction of sp³-hybridized carbons (Fsp3) is 0.286. The molecule has 0 aliphatic carbocycles. The third-order valence-corrected chi connectivity index (χ3v) is 2.45. The molecular weight excluding hydrogens is 162 g/mol. The number of thioether (sulfide) groups is 1. The first-order valence-electron chi connectivity index (χ1n) is 3.08. The lowest BCUT2D eigenvalue weighted by Crippen LogP contribution is -1.81. The highest BCUT2D eigenvalue weighted by Crippen LogP contribution is 2.13. The fourth-order valence-corrected chi connectivity index (χ4v) is 1.47. The van der Waals surface area contributed by atoms with E-state index in [0.717, 1.165) is 16.5 Å². The summed E-state index contributed by atoms with van der Waals surface area (Å²) in [5.41, 5.74) is 0. The smallest absolute Gasteiger partial charge is 0.0960 e. The molecule has 1 aromatic rings. The van der Waals surface area contributed by atoms with E-state index in [0.29, 0.717) is 0 Å². The molecule has 0 aliphatic heterocycles. The highest BCUT2D eigenvalue weighted by Gasteiger charge is 1.89. The molecule has 0 saturated carbocycles. The molecular formula is C7H9NS2. The maximum absolute atomic E-state index is 4.15. The monoisotopic (exact) mass is 171 g/mol. The van der Waals surface area contributed by atoms with Crippen LogP contribution >= 0.6 is 24.4 Å². The molecule has 3 heteroatoms. The number of thiol groups is 1. The van der Waals surface area contributed by atoms with Crippen LogP contribution in [0.4, 0.5) is 0 Å². The van der Waals surface area contributed by atoms with Gasteiger partial charge in [-0.15, -0.1) is 11.8 Å². The van der Waals surface area contributed by atoms with Gasteiger partial charge < -0.3 is 0 Å². The van der Waals surface area contributed by atoms with Gasteiger partial charge in [0.15, 0.2) is 0 Å². The van der Waals surface area contributed by atoms with Crippen molar-refractivity contribution in [1.82, 2.24) is 4.98 Å². The van der Waals surface area contributed by atoms with Crippen LogP contribution < -0.4 is 0 Å². The number of aromatic nitrogens is 1. The SMILES string of the molecule is SCCSc1ccccn1. The molecule has 0 radical (unpaired) electrons. The summed E-state index contributed by atoms with van der Waals surface area (Å²) in [4.78, 5) is 4.15. The Kier molecular flexibility index (Phi) is 3.68. The second kappa shape index (κ2) is 4.63. The van der Waals surface area contributed by atoms with Crippen molar-refractivity contribution in [2.75, 3.05) is 11.5 Å². The van der Waals surface area contributed by atoms with Crippen molar-refractivity contribution < 1.29 is 0 Å². The van der Waals surface area contributed by atoms with E-state index < -0.39 is 0 Å². The first-order valence-corrected chi connectivity index (χ1v) is 4.70. The van der Waals surface area contributed by atoms with Crippen molar-refractivity contribution >= 4 is 24.4 Å². The molecule has 1 heterocycles. The van der Waals surface area contributed by atoms with Crippen LogP contribution in [0.1, 0.15) is 0 Å². The number of pyridine rings is 1. The second-order valence-electron chi connectivity index (χ2n) is 1.74. The number of hydrogen-bond donors (Lipinski definition) is 1. The molecule has 0 aromatic carbocycles. The van der Waals surface area contributed by atoms with Crippen molar-refractivity contribution in [2.45, 2.75) is 5.03 Å². The van der Waals surface area contributed by atoms with E-state index in [2.05, 4.69) is 17.6 Å². The zero-order chi connectivity index (χ0) is 7.23. The Balaban J connectivity index is 2.43. The van der Waals surface area contributed by atoms with Gasteiger partial charge in [0.05, 0.1) is 5.03 Å². The van der Waals surface area contributed by atoms with Crippen LogP contribution in [0.25, 0.3) is 0 Å². The predicted molar refractivity (Wildman–Crippen MR) is 48.8 cm³/mol. The topological polar surface area (TPSA) is 12.9 Å². The van der Waals surface area contributed by atoms with Gasteiger partial charge in [-0.1, -0.05) is 6.07 Å². The average molecular weight is 171 g/mol. The van der Waals surface area contributed by atoms with Crippen molar-refractivity contribution in [1.29, 1.82) is 0 Å². The molecule has 10 heavy (non-hydrogen) atoms. The molecule has 0 fully saturated rings. The van der Waals surface area contributed by atoms with Gasteiger partial charge in [0.25, 0.3) is 0 Å². The summed E-state index contributed by atoms with van der Waals surface area (Å²) in [6.07, 6.45) is 1.81. The summed E-state index contributed by atoms with van der Waals surface area (Å²) < 4.78 is 0. The van der Waals surface area contributed by atoms with Gasteiger partial charge in [0.1, 0.15) is 0 Å². The first-order chi connectivity index (χ1) is 4.93. The summed E-state index contributed by atoms with van der Waals surface area (Å²) in [5.74, 6) is 1.93. The van der Waals surface area contributed by atoms with Gasteiger partial charge in [0, 0.05) is 11.9 Å². The minimum Gasteiger partial charge on any atom is -0.250 e. The molecule has 0 atom stereocenters. The van der Waals surface area contributed by atoms with Crippen LogP contribution in [0.5, 0.6) is 0 Å². The summed E-state index contributed by atoms with van der Waals surface area (Å²) in [5, 5.41) is 1.08. The Hall–Kier alpha value is -0.150. The van der Waals surface area contributed by atoms with E-state index in [4.69, 9.17) is 0 Å². The molecule has 0 saturated heterocycles. The molecule has 0 N–H and O–H groups in total. The normalized spacial score (nSPS) is 9.70. The largest absolute Gasteiger partial charge is 0.250 e. The van der Waals surface area contributed by atoms with E-state index in [1.807, 2.05) is 18.2 Å². The van der Waals surface area contributed by atoms with Gasteiger partial charge in [-0.05, 0) is 17.9 Å². The van der Waals surface area contributed by atoms with Crippen LogP contribution in [0, 0.1) is 0 Å². The number of hydrogen-bond acceptors (Lipinski definition) is 3. The van der Waals surface area contributed by atoms with Crippen LogP contribution in [0.2, 0.25) is 0 Å². The Morgan fingerprint density at radius 1 is 1.50 bits per heavy atom. The summed E-state index contributed by atoms with van der Waals surface area (Å²) in [6.45, 7) is 0. The fourth-order valence-electron chi connectivity index (χ4n) is 0.583. The van der Waals surface area contributed by atoms with Crippen molar-refractivity contribution in [3.05, 3.63) is 24.4 Å². The Bertz CT molecular complexity index is 176. The average Bonchev–Trinajstić information content (AvgIpc) is 2.03. The maximum atomic E-state index is 4.15. The van der Waals surface area contributed by atoms with Crippen LogP contribution in [-0.2, 0) is 0 Å². The van der Waals surface area contributed by atoms with Crippen molar-refractivity contribution in [3.8, 4) is 0 Å². The molecule has 0 bridgehead atoms. The standard InChI is InChI=1S/C7H9NS2/c9-5-6-10-7-3-1-2-4-8-7/h1-4,9H,5-6H2.